The molecule has 1 fully saturated rings. The molecule has 1 N–H and O–H groups in total. The molecule has 1 aromatic rings. The highest BCUT2D eigenvalue weighted by atomic mass is 16.5. The minimum absolute atomic E-state index is 0.0503. The highest BCUT2D eigenvalue weighted by Gasteiger charge is 2.26. The molecule has 138 valence electrons. The van der Waals surface area contributed by atoms with E-state index in [0.29, 0.717) is 32.5 Å². The number of hydrogen-bond acceptors (Lipinski definition) is 3. The summed E-state index contributed by atoms with van der Waals surface area (Å²) in [6, 6.07) is 7.89. The second-order valence-corrected chi connectivity index (χ2v) is 6.49. The Morgan fingerprint density at radius 1 is 1.20 bits per heavy atom. The molecular formula is C20H30N2O3. The number of piperidine rings is 1. The number of nitrogens with zero attached hydrogens (tertiary/aromatic N) is 1. The number of hydrogen-bond donors (Lipinski definition) is 1. The van der Waals surface area contributed by atoms with Gasteiger partial charge in [-0.25, -0.2) is 0 Å². The predicted octanol–water partition coefficient (Wildman–Crippen LogP) is 2.78. The summed E-state index contributed by atoms with van der Waals surface area (Å²) in [6.45, 7) is 6.72. The third-order valence-corrected chi connectivity index (χ3v) is 4.65. The molecule has 0 atom stereocenters. The second-order valence-electron chi connectivity index (χ2n) is 6.49. The van der Waals surface area contributed by atoms with Gasteiger partial charge in [0.15, 0.2) is 0 Å². The van der Waals surface area contributed by atoms with Crippen molar-refractivity contribution in [3.8, 4) is 5.75 Å². The van der Waals surface area contributed by atoms with Gasteiger partial charge in [0.25, 0.3) is 0 Å². The Morgan fingerprint density at radius 2 is 1.92 bits per heavy atom. The maximum absolute atomic E-state index is 12.5. The van der Waals surface area contributed by atoms with Crippen molar-refractivity contribution in [3.63, 3.8) is 0 Å². The largest absolute Gasteiger partial charge is 0.494 e. The lowest BCUT2D eigenvalue weighted by Gasteiger charge is -2.31. The molecule has 1 aromatic carbocycles. The third-order valence-electron chi connectivity index (χ3n) is 4.65. The van der Waals surface area contributed by atoms with Crippen LogP contribution >= 0.6 is 0 Å². The first kappa shape index (κ1) is 19.3. The number of para-hydroxylation sites is 1. The number of rotatable bonds is 8. The van der Waals surface area contributed by atoms with Crippen molar-refractivity contribution in [1.82, 2.24) is 10.2 Å². The van der Waals surface area contributed by atoms with Gasteiger partial charge >= 0.3 is 0 Å². The van der Waals surface area contributed by atoms with Crippen LogP contribution in [0.4, 0.5) is 0 Å². The van der Waals surface area contributed by atoms with Crippen LogP contribution in [-0.2, 0) is 16.0 Å². The van der Waals surface area contributed by atoms with Gasteiger partial charge in [-0.05, 0) is 44.2 Å². The lowest BCUT2D eigenvalue weighted by Crippen LogP contribution is -2.43. The van der Waals surface area contributed by atoms with Crippen LogP contribution in [0.15, 0.2) is 24.3 Å². The summed E-state index contributed by atoms with van der Waals surface area (Å²) in [5.41, 5.74) is 1.08. The molecule has 5 nitrogen and oxygen atoms in total. The van der Waals surface area contributed by atoms with Gasteiger partial charge in [0.2, 0.25) is 11.8 Å². The average molecular weight is 346 g/mol. The van der Waals surface area contributed by atoms with E-state index in [1.807, 2.05) is 43.0 Å². The molecule has 0 spiro atoms. The van der Waals surface area contributed by atoms with Gasteiger partial charge in [-0.1, -0.05) is 25.1 Å². The van der Waals surface area contributed by atoms with Crippen molar-refractivity contribution in [1.29, 1.82) is 0 Å². The minimum atomic E-state index is 0.0503. The zero-order valence-electron chi connectivity index (χ0n) is 15.4. The zero-order valence-corrected chi connectivity index (χ0v) is 15.4. The van der Waals surface area contributed by atoms with Crippen molar-refractivity contribution < 1.29 is 14.3 Å². The van der Waals surface area contributed by atoms with Crippen LogP contribution in [0.25, 0.3) is 0 Å². The second kappa shape index (κ2) is 10.1. The third kappa shape index (κ3) is 5.76. The van der Waals surface area contributed by atoms with E-state index in [0.717, 1.165) is 37.1 Å². The van der Waals surface area contributed by atoms with Crippen LogP contribution in [-0.4, -0.2) is 43.0 Å². The molecule has 0 unspecified atom stereocenters. The van der Waals surface area contributed by atoms with Crippen LogP contribution in [0.1, 0.15) is 45.1 Å². The van der Waals surface area contributed by atoms with Crippen LogP contribution in [0.3, 0.4) is 0 Å². The molecule has 0 aromatic heterocycles. The Kier molecular flexibility index (Phi) is 7.76. The number of benzene rings is 1. The first-order valence-electron chi connectivity index (χ1n) is 9.41. The molecule has 0 saturated carbocycles. The molecule has 1 aliphatic heterocycles. The first-order valence-corrected chi connectivity index (χ1v) is 9.41. The van der Waals surface area contributed by atoms with E-state index in [2.05, 4.69) is 5.32 Å². The average Bonchev–Trinajstić information content (AvgIpc) is 2.65. The van der Waals surface area contributed by atoms with Crippen molar-refractivity contribution >= 4 is 11.8 Å². The molecule has 1 saturated heterocycles. The summed E-state index contributed by atoms with van der Waals surface area (Å²) in [6.07, 6.45) is 3.64. The Balaban J connectivity index is 1.78. The zero-order chi connectivity index (χ0) is 18.1. The number of likely N-dealkylation sites (tertiary alicyclic amines) is 1. The summed E-state index contributed by atoms with van der Waals surface area (Å²) in [5.74, 6) is 1.22. The molecule has 2 amide bonds. The summed E-state index contributed by atoms with van der Waals surface area (Å²) < 4.78 is 5.62. The van der Waals surface area contributed by atoms with Crippen molar-refractivity contribution in [2.45, 2.75) is 46.0 Å². The summed E-state index contributed by atoms with van der Waals surface area (Å²) in [7, 11) is 0. The van der Waals surface area contributed by atoms with E-state index in [-0.39, 0.29) is 17.7 Å². The fourth-order valence-corrected chi connectivity index (χ4v) is 3.19. The van der Waals surface area contributed by atoms with E-state index in [4.69, 9.17) is 4.74 Å². The van der Waals surface area contributed by atoms with Crippen molar-refractivity contribution in [3.05, 3.63) is 29.8 Å². The molecule has 0 bridgehead atoms. The highest BCUT2D eigenvalue weighted by molar-refractivity contribution is 5.80. The van der Waals surface area contributed by atoms with Crippen molar-refractivity contribution in [2.75, 3.05) is 26.2 Å². The lowest BCUT2D eigenvalue weighted by atomic mass is 9.95. The van der Waals surface area contributed by atoms with Gasteiger partial charge in [-0.15, -0.1) is 0 Å². The van der Waals surface area contributed by atoms with Gasteiger partial charge < -0.3 is 15.0 Å². The number of carbonyl (C=O) groups is 2. The van der Waals surface area contributed by atoms with Crippen molar-refractivity contribution in [2.24, 2.45) is 5.92 Å². The molecule has 25 heavy (non-hydrogen) atoms. The maximum Gasteiger partial charge on any atom is 0.223 e. The maximum atomic E-state index is 12.5. The van der Waals surface area contributed by atoms with Crippen LogP contribution in [0.2, 0.25) is 0 Å². The lowest BCUT2D eigenvalue weighted by molar-refractivity contribution is -0.135. The Hall–Kier alpha value is -2.04. The standard InChI is InChI=1S/C20H30N2O3/c1-3-13-21-20(24)17-11-14-22(15-12-17)19(23)10-9-16-7-5-6-8-18(16)25-4-2/h5-8,17H,3-4,9-15H2,1-2H3,(H,21,24). The molecule has 5 heteroatoms. The van der Waals surface area contributed by atoms with Gasteiger partial charge in [0, 0.05) is 32.0 Å². The van der Waals surface area contributed by atoms with Gasteiger partial charge in [-0.2, -0.15) is 0 Å². The van der Waals surface area contributed by atoms with E-state index in [1.165, 1.54) is 0 Å². The van der Waals surface area contributed by atoms with Gasteiger partial charge in [-0.3, -0.25) is 9.59 Å². The SMILES string of the molecule is CCCNC(=O)C1CCN(C(=O)CCc2ccccc2OCC)CC1. The minimum Gasteiger partial charge on any atom is -0.494 e. The van der Waals surface area contributed by atoms with Gasteiger partial charge in [0.05, 0.1) is 6.61 Å². The topological polar surface area (TPSA) is 58.6 Å². The number of carbonyl (C=O) groups excluding carboxylic acids is 2. The first-order chi connectivity index (χ1) is 12.2. The predicted molar refractivity (Wildman–Crippen MR) is 98.5 cm³/mol. The normalized spacial score (nSPS) is 15.0. The summed E-state index contributed by atoms with van der Waals surface area (Å²) in [5, 5.41) is 2.95. The molecule has 1 heterocycles. The van der Waals surface area contributed by atoms with E-state index >= 15 is 0 Å². The van der Waals surface area contributed by atoms with Crippen LogP contribution in [0, 0.1) is 5.92 Å². The van der Waals surface area contributed by atoms with E-state index in [9.17, 15) is 9.59 Å². The Morgan fingerprint density at radius 3 is 2.60 bits per heavy atom. The Labute approximate surface area is 150 Å². The highest BCUT2D eigenvalue weighted by Crippen LogP contribution is 2.22. The van der Waals surface area contributed by atoms with Crippen LogP contribution in [0.5, 0.6) is 5.75 Å². The number of nitrogens with one attached hydrogen (secondary N) is 1. The summed E-state index contributed by atoms with van der Waals surface area (Å²) in [4.78, 5) is 26.4. The molecule has 0 radical (unpaired) electrons. The molecule has 1 aliphatic rings. The molecular weight excluding hydrogens is 316 g/mol. The number of ether oxygens (including phenoxy) is 1. The fraction of sp³-hybridized carbons (Fsp3) is 0.600. The quantitative estimate of drug-likeness (QED) is 0.787. The summed E-state index contributed by atoms with van der Waals surface area (Å²) >= 11 is 0. The van der Waals surface area contributed by atoms with E-state index < -0.39 is 0 Å². The van der Waals surface area contributed by atoms with E-state index in [1.54, 1.807) is 0 Å². The van der Waals surface area contributed by atoms with Gasteiger partial charge in [0.1, 0.15) is 5.75 Å². The molecule has 0 aliphatic carbocycles. The monoisotopic (exact) mass is 346 g/mol. The Bertz CT molecular complexity index is 566. The number of aryl methyl sites for hydroxylation is 1. The smallest absolute Gasteiger partial charge is 0.223 e. The molecule has 2 rings (SSSR count). The van der Waals surface area contributed by atoms with Crippen LogP contribution < -0.4 is 10.1 Å². The fourth-order valence-electron chi connectivity index (χ4n) is 3.19. The number of amides is 2.